The van der Waals surface area contributed by atoms with Gasteiger partial charge in [0.05, 0.1) is 10.7 Å². The van der Waals surface area contributed by atoms with Crippen LogP contribution in [0.3, 0.4) is 0 Å². The highest BCUT2D eigenvalue weighted by Crippen LogP contribution is 2.24. The van der Waals surface area contributed by atoms with E-state index in [0.29, 0.717) is 10.7 Å². The highest BCUT2D eigenvalue weighted by Gasteiger charge is 2.16. The number of amides is 1. The molecular weight excluding hydrogens is 272 g/mol. The first-order valence-corrected chi connectivity index (χ1v) is 6.74. The van der Waals surface area contributed by atoms with Crippen molar-refractivity contribution in [1.29, 1.82) is 0 Å². The lowest BCUT2D eigenvalue weighted by atomic mass is 10.1. The molecule has 104 valence electrons. The molecule has 3 nitrogen and oxygen atoms in total. The number of aryl methyl sites for hydroxylation is 2. The zero-order valence-electron chi connectivity index (χ0n) is 11.5. The van der Waals surface area contributed by atoms with Crippen molar-refractivity contribution >= 4 is 23.2 Å². The van der Waals surface area contributed by atoms with Crippen LogP contribution in [0, 0.1) is 13.8 Å². The monoisotopic (exact) mass is 288 g/mol. The number of nitrogens with two attached hydrogens (primary N) is 1. The highest BCUT2D eigenvalue weighted by atomic mass is 35.5. The normalized spacial score (nSPS) is 12.0. The topological polar surface area (TPSA) is 55.1 Å². The fourth-order valence-corrected chi connectivity index (χ4v) is 2.04. The van der Waals surface area contributed by atoms with Crippen LogP contribution in [0.4, 0.5) is 5.69 Å². The third-order valence-electron chi connectivity index (χ3n) is 3.10. The van der Waals surface area contributed by atoms with Gasteiger partial charge in [-0.2, -0.15) is 0 Å². The molecule has 0 aromatic heterocycles. The lowest BCUT2D eigenvalue weighted by molar-refractivity contribution is -0.117. The van der Waals surface area contributed by atoms with Gasteiger partial charge in [-0.15, -0.1) is 0 Å². The molecule has 0 fully saturated rings. The summed E-state index contributed by atoms with van der Waals surface area (Å²) in [5.41, 5.74) is 9.48. The van der Waals surface area contributed by atoms with Gasteiger partial charge in [0, 0.05) is 0 Å². The molecule has 0 saturated heterocycles. The zero-order chi connectivity index (χ0) is 14.7. The van der Waals surface area contributed by atoms with Gasteiger partial charge in [0.2, 0.25) is 5.91 Å². The number of hydrogen-bond acceptors (Lipinski definition) is 2. The second kappa shape index (κ2) is 6.07. The minimum absolute atomic E-state index is 0.277. The van der Waals surface area contributed by atoms with Gasteiger partial charge in [-0.3, -0.25) is 4.79 Å². The van der Waals surface area contributed by atoms with Crippen LogP contribution in [0.1, 0.15) is 22.7 Å². The molecule has 0 aliphatic rings. The van der Waals surface area contributed by atoms with E-state index in [1.54, 1.807) is 6.07 Å². The second-order valence-corrected chi connectivity index (χ2v) is 5.27. The Hall–Kier alpha value is -1.84. The summed E-state index contributed by atoms with van der Waals surface area (Å²) in [7, 11) is 0. The van der Waals surface area contributed by atoms with Crippen LogP contribution in [0.15, 0.2) is 42.5 Å². The van der Waals surface area contributed by atoms with Gasteiger partial charge in [-0.25, -0.2) is 0 Å². The van der Waals surface area contributed by atoms with Gasteiger partial charge in [0.25, 0.3) is 0 Å². The minimum atomic E-state index is -0.716. The van der Waals surface area contributed by atoms with Gasteiger partial charge in [0.1, 0.15) is 6.04 Å². The second-order valence-electron chi connectivity index (χ2n) is 4.86. The number of hydrogen-bond donors (Lipinski definition) is 2. The predicted molar refractivity (Wildman–Crippen MR) is 82.9 cm³/mol. The molecule has 0 radical (unpaired) electrons. The maximum Gasteiger partial charge on any atom is 0.245 e. The number of halogens is 1. The molecule has 0 heterocycles. The Labute approximate surface area is 123 Å². The standard InChI is InChI=1S/C16H17ClN2O/c1-10-3-6-12(7-4-10)15(18)16(20)19-14-9-11(2)5-8-13(14)17/h3-9,15H,18H2,1-2H3,(H,19,20). The molecule has 0 aliphatic carbocycles. The summed E-state index contributed by atoms with van der Waals surface area (Å²) in [6.07, 6.45) is 0. The van der Waals surface area contributed by atoms with Crippen molar-refractivity contribution in [2.24, 2.45) is 5.73 Å². The molecule has 2 aromatic carbocycles. The Morgan fingerprint density at radius 2 is 1.70 bits per heavy atom. The molecule has 2 aromatic rings. The van der Waals surface area contributed by atoms with E-state index in [-0.39, 0.29) is 5.91 Å². The molecule has 1 amide bonds. The van der Waals surface area contributed by atoms with Crippen molar-refractivity contribution < 1.29 is 4.79 Å². The molecule has 0 saturated carbocycles. The van der Waals surface area contributed by atoms with E-state index in [1.807, 2.05) is 50.2 Å². The zero-order valence-corrected chi connectivity index (χ0v) is 12.2. The molecule has 4 heteroatoms. The van der Waals surface area contributed by atoms with Crippen LogP contribution >= 0.6 is 11.6 Å². The molecular formula is C16H17ClN2O. The fourth-order valence-electron chi connectivity index (χ4n) is 1.87. The maximum atomic E-state index is 12.2. The van der Waals surface area contributed by atoms with Crippen LogP contribution < -0.4 is 11.1 Å². The summed E-state index contributed by atoms with van der Waals surface area (Å²) >= 11 is 6.06. The first kappa shape index (κ1) is 14.6. The van der Waals surface area contributed by atoms with Gasteiger partial charge < -0.3 is 11.1 Å². The third kappa shape index (κ3) is 3.38. The summed E-state index contributed by atoms with van der Waals surface area (Å²) in [6, 6.07) is 12.3. The Morgan fingerprint density at radius 1 is 1.10 bits per heavy atom. The number of anilines is 1. The van der Waals surface area contributed by atoms with Crippen molar-refractivity contribution in [3.05, 3.63) is 64.2 Å². The predicted octanol–water partition coefficient (Wildman–Crippen LogP) is 3.60. The summed E-state index contributed by atoms with van der Waals surface area (Å²) in [6.45, 7) is 3.92. The molecule has 2 rings (SSSR count). The number of carbonyl (C=O) groups is 1. The molecule has 1 unspecified atom stereocenters. The highest BCUT2D eigenvalue weighted by molar-refractivity contribution is 6.33. The summed E-state index contributed by atoms with van der Waals surface area (Å²) in [5, 5.41) is 3.27. The molecule has 1 atom stereocenters. The Morgan fingerprint density at radius 3 is 2.35 bits per heavy atom. The van der Waals surface area contributed by atoms with Crippen molar-refractivity contribution in [1.82, 2.24) is 0 Å². The van der Waals surface area contributed by atoms with E-state index in [0.717, 1.165) is 16.7 Å². The molecule has 20 heavy (non-hydrogen) atoms. The van der Waals surface area contributed by atoms with Crippen LogP contribution in [0.25, 0.3) is 0 Å². The number of rotatable bonds is 3. The van der Waals surface area contributed by atoms with Crippen LogP contribution in [0.2, 0.25) is 5.02 Å². The Balaban J connectivity index is 2.15. The van der Waals surface area contributed by atoms with Crippen molar-refractivity contribution in [3.63, 3.8) is 0 Å². The smallest absolute Gasteiger partial charge is 0.245 e. The maximum absolute atomic E-state index is 12.2. The van der Waals surface area contributed by atoms with Crippen LogP contribution in [0.5, 0.6) is 0 Å². The van der Waals surface area contributed by atoms with Gasteiger partial charge in [0.15, 0.2) is 0 Å². The van der Waals surface area contributed by atoms with Crippen LogP contribution in [-0.4, -0.2) is 5.91 Å². The third-order valence-corrected chi connectivity index (χ3v) is 3.43. The van der Waals surface area contributed by atoms with E-state index < -0.39 is 6.04 Å². The van der Waals surface area contributed by atoms with Gasteiger partial charge in [-0.05, 0) is 37.1 Å². The van der Waals surface area contributed by atoms with E-state index >= 15 is 0 Å². The van der Waals surface area contributed by atoms with E-state index in [4.69, 9.17) is 17.3 Å². The van der Waals surface area contributed by atoms with E-state index in [1.165, 1.54) is 0 Å². The minimum Gasteiger partial charge on any atom is -0.323 e. The first-order chi connectivity index (χ1) is 9.47. The summed E-state index contributed by atoms with van der Waals surface area (Å²) in [4.78, 5) is 12.2. The number of carbonyl (C=O) groups excluding carboxylic acids is 1. The van der Waals surface area contributed by atoms with Gasteiger partial charge in [-0.1, -0.05) is 47.5 Å². The van der Waals surface area contributed by atoms with E-state index in [2.05, 4.69) is 5.32 Å². The molecule has 0 bridgehead atoms. The van der Waals surface area contributed by atoms with Gasteiger partial charge >= 0.3 is 0 Å². The quantitative estimate of drug-likeness (QED) is 0.907. The first-order valence-electron chi connectivity index (χ1n) is 6.36. The number of nitrogens with one attached hydrogen (secondary N) is 1. The largest absolute Gasteiger partial charge is 0.323 e. The lowest BCUT2D eigenvalue weighted by Crippen LogP contribution is -2.27. The van der Waals surface area contributed by atoms with Crippen molar-refractivity contribution in [2.75, 3.05) is 5.32 Å². The lowest BCUT2D eigenvalue weighted by Gasteiger charge is -2.14. The van der Waals surface area contributed by atoms with Crippen LogP contribution in [-0.2, 0) is 4.79 Å². The SMILES string of the molecule is Cc1ccc(C(N)C(=O)Nc2cc(C)ccc2Cl)cc1. The van der Waals surface area contributed by atoms with Crippen molar-refractivity contribution in [2.45, 2.75) is 19.9 Å². The molecule has 3 N–H and O–H groups in total. The molecule has 0 spiro atoms. The molecule has 0 aliphatic heterocycles. The van der Waals surface area contributed by atoms with Crippen molar-refractivity contribution in [3.8, 4) is 0 Å². The Kier molecular flexibility index (Phi) is 4.42. The van der Waals surface area contributed by atoms with E-state index in [9.17, 15) is 4.79 Å². The number of benzene rings is 2. The fraction of sp³-hybridized carbons (Fsp3) is 0.188. The average molecular weight is 289 g/mol. The Bertz CT molecular complexity index is 623. The summed E-state index contributed by atoms with van der Waals surface area (Å²) in [5.74, 6) is -0.277. The average Bonchev–Trinajstić information content (AvgIpc) is 2.43. The summed E-state index contributed by atoms with van der Waals surface area (Å²) < 4.78 is 0.